The number of carbonyl (C=O) groups excluding carboxylic acids is 1. The van der Waals surface area contributed by atoms with Crippen molar-refractivity contribution in [2.45, 2.75) is 26.2 Å². The van der Waals surface area contributed by atoms with Crippen molar-refractivity contribution in [3.8, 4) is 0 Å². The maximum absolute atomic E-state index is 12.4. The fourth-order valence-electron chi connectivity index (χ4n) is 2.25. The number of nitrogens with one attached hydrogen (secondary N) is 1. The summed E-state index contributed by atoms with van der Waals surface area (Å²) in [4.78, 5) is 18.7. The van der Waals surface area contributed by atoms with E-state index >= 15 is 0 Å². The molecule has 0 radical (unpaired) electrons. The molecule has 3 rings (SSSR count). The van der Waals surface area contributed by atoms with Gasteiger partial charge in [0.15, 0.2) is 5.82 Å². The molecule has 124 valence electrons. The standard InChI is InChI=1S/C18H20N4O2/c1-18(2,3)14-11-15(21-24-14)20-17(23)13-7-6-10-22(12-13)16-8-4-5-9-19-16/h4-9,11-12H,10H2,1-3H3,(H,20,21,23). The summed E-state index contributed by atoms with van der Waals surface area (Å²) in [7, 11) is 0. The number of amides is 1. The van der Waals surface area contributed by atoms with Crippen LogP contribution in [0.2, 0.25) is 0 Å². The summed E-state index contributed by atoms with van der Waals surface area (Å²) in [6, 6.07) is 7.43. The maximum Gasteiger partial charge on any atom is 0.258 e. The Hall–Kier alpha value is -2.89. The maximum atomic E-state index is 12.4. The quantitative estimate of drug-likeness (QED) is 0.938. The Morgan fingerprint density at radius 2 is 2.17 bits per heavy atom. The van der Waals surface area contributed by atoms with Gasteiger partial charge in [0.25, 0.3) is 5.91 Å². The van der Waals surface area contributed by atoms with E-state index in [1.165, 1.54) is 0 Å². The van der Waals surface area contributed by atoms with Crippen molar-refractivity contribution < 1.29 is 9.32 Å². The van der Waals surface area contributed by atoms with Crippen molar-refractivity contribution in [2.24, 2.45) is 0 Å². The molecule has 0 atom stereocenters. The Balaban J connectivity index is 1.73. The van der Waals surface area contributed by atoms with Crippen LogP contribution in [0, 0.1) is 0 Å². The number of rotatable bonds is 3. The molecule has 0 saturated carbocycles. The Morgan fingerprint density at radius 1 is 1.33 bits per heavy atom. The van der Waals surface area contributed by atoms with E-state index in [1.807, 2.05) is 49.9 Å². The summed E-state index contributed by atoms with van der Waals surface area (Å²) in [5.74, 6) is 1.69. The lowest BCUT2D eigenvalue weighted by Gasteiger charge is -2.21. The molecule has 2 aromatic heterocycles. The van der Waals surface area contributed by atoms with E-state index in [2.05, 4.69) is 15.5 Å². The van der Waals surface area contributed by atoms with E-state index in [4.69, 9.17) is 4.52 Å². The molecule has 1 N–H and O–H groups in total. The van der Waals surface area contributed by atoms with Gasteiger partial charge in [0.2, 0.25) is 0 Å². The zero-order valence-electron chi connectivity index (χ0n) is 14.0. The smallest absolute Gasteiger partial charge is 0.258 e. The molecule has 0 saturated heterocycles. The lowest BCUT2D eigenvalue weighted by molar-refractivity contribution is -0.112. The van der Waals surface area contributed by atoms with Gasteiger partial charge in [0, 0.05) is 30.4 Å². The Labute approximate surface area is 140 Å². The Kier molecular flexibility index (Phi) is 4.20. The molecule has 0 aliphatic carbocycles. The first-order chi connectivity index (χ1) is 11.4. The largest absolute Gasteiger partial charge is 0.359 e. The molecule has 0 spiro atoms. The highest BCUT2D eigenvalue weighted by molar-refractivity contribution is 6.05. The predicted octanol–water partition coefficient (Wildman–Crippen LogP) is 3.27. The SMILES string of the molecule is CC(C)(C)c1cc(NC(=O)C2=CN(c3ccccn3)CC=C2)no1. The van der Waals surface area contributed by atoms with Gasteiger partial charge in [-0.05, 0) is 12.1 Å². The number of hydrogen-bond donors (Lipinski definition) is 1. The predicted molar refractivity (Wildman–Crippen MR) is 92.6 cm³/mol. The molecule has 0 bridgehead atoms. The molecule has 1 amide bonds. The van der Waals surface area contributed by atoms with Crippen LogP contribution >= 0.6 is 0 Å². The highest BCUT2D eigenvalue weighted by atomic mass is 16.5. The van der Waals surface area contributed by atoms with E-state index in [1.54, 1.807) is 24.5 Å². The van der Waals surface area contributed by atoms with Gasteiger partial charge in [-0.15, -0.1) is 0 Å². The number of pyridine rings is 1. The zero-order valence-corrected chi connectivity index (χ0v) is 14.0. The van der Waals surface area contributed by atoms with Crippen LogP contribution in [0.3, 0.4) is 0 Å². The van der Waals surface area contributed by atoms with Gasteiger partial charge in [-0.1, -0.05) is 44.1 Å². The summed E-state index contributed by atoms with van der Waals surface area (Å²) < 4.78 is 5.29. The number of nitrogens with zero attached hydrogens (tertiary/aromatic N) is 3. The highest BCUT2D eigenvalue weighted by Crippen LogP contribution is 2.25. The minimum Gasteiger partial charge on any atom is -0.359 e. The van der Waals surface area contributed by atoms with Crippen molar-refractivity contribution in [3.05, 3.63) is 60.1 Å². The molecule has 0 fully saturated rings. The van der Waals surface area contributed by atoms with Crippen LogP contribution in [0.5, 0.6) is 0 Å². The molecule has 3 heterocycles. The molecule has 6 nitrogen and oxygen atoms in total. The van der Waals surface area contributed by atoms with Crippen LogP contribution in [-0.2, 0) is 10.2 Å². The van der Waals surface area contributed by atoms with Crippen molar-refractivity contribution >= 4 is 17.5 Å². The van der Waals surface area contributed by atoms with Crippen LogP contribution in [0.4, 0.5) is 11.6 Å². The Bertz CT molecular complexity index is 785. The van der Waals surface area contributed by atoms with E-state index in [0.717, 1.165) is 11.6 Å². The van der Waals surface area contributed by atoms with E-state index in [0.29, 0.717) is 17.9 Å². The zero-order chi connectivity index (χ0) is 17.2. The average molecular weight is 324 g/mol. The fourth-order valence-corrected chi connectivity index (χ4v) is 2.25. The monoisotopic (exact) mass is 324 g/mol. The number of hydrogen-bond acceptors (Lipinski definition) is 5. The molecule has 24 heavy (non-hydrogen) atoms. The molecule has 1 aliphatic heterocycles. The highest BCUT2D eigenvalue weighted by Gasteiger charge is 2.21. The average Bonchev–Trinajstić information content (AvgIpc) is 3.05. The first kappa shape index (κ1) is 16.0. The van der Waals surface area contributed by atoms with Crippen LogP contribution < -0.4 is 10.2 Å². The number of carbonyl (C=O) groups is 1. The van der Waals surface area contributed by atoms with Crippen LogP contribution in [-0.4, -0.2) is 22.6 Å². The fraction of sp³-hybridized carbons (Fsp3) is 0.278. The van der Waals surface area contributed by atoms with Crippen LogP contribution in [0.15, 0.2) is 58.9 Å². The van der Waals surface area contributed by atoms with Gasteiger partial charge < -0.3 is 14.7 Å². The van der Waals surface area contributed by atoms with Gasteiger partial charge in [-0.25, -0.2) is 4.98 Å². The molecular weight excluding hydrogens is 304 g/mol. The summed E-state index contributed by atoms with van der Waals surface area (Å²) in [5, 5.41) is 6.68. The van der Waals surface area contributed by atoms with Gasteiger partial charge in [0.05, 0.1) is 5.57 Å². The van der Waals surface area contributed by atoms with E-state index in [-0.39, 0.29) is 11.3 Å². The van der Waals surface area contributed by atoms with Gasteiger partial charge in [-0.2, -0.15) is 0 Å². The van der Waals surface area contributed by atoms with Crippen LogP contribution in [0.25, 0.3) is 0 Å². The molecule has 1 aliphatic rings. The van der Waals surface area contributed by atoms with Gasteiger partial charge >= 0.3 is 0 Å². The second kappa shape index (κ2) is 6.31. The molecule has 6 heteroatoms. The van der Waals surface area contributed by atoms with Crippen molar-refractivity contribution in [2.75, 3.05) is 16.8 Å². The van der Waals surface area contributed by atoms with E-state index in [9.17, 15) is 4.79 Å². The topological polar surface area (TPSA) is 71.3 Å². The normalized spacial score (nSPS) is 14.5. The first-order valence-corrected chi connectivity index (χ1v) is 7.78. The first-order valence-electron chi connectivity index (χ1n) is 7.78. The van der Waals surface area contributed by atoms with Crippen molar-refractivity contribution in [1.29, 1.82) is 0 Å². The summed E-state index contributed by atoms with van der Waals surface area (Å²) in [6.07, 6.45) is 7.22. The third-order valence-electron chi connectivity index (χ3n) is 3.59. The van der Waals surface area contributed by atoms with Crippen molar-refractivity contribution in [3.63, 3.8) is 0 Å². The van der Waals surface area contributed by atoms with Crippen molar-refractivity contribution in [1.82, 2.24) is 10.1 Å². The Morgan fingerprint density at radius 3 is 2.83 bits per heavy atom. The lowest BCUT2D eigenvalue weighted by Crippen LogP contribution is -2.24. The van der Waals surface area contributed by atoms with Crippen LogP contribution in [0.1, 0.15) is 26.5 Å². The number of anilines is 2. The molecule has 0 unspecified atom stereocenters. The number of aromatic nitrogens is 2. The summed E-state index contributed by atoms with van der Waals surface area (Å²) >= 11 is 0. The molecule has 2 aromatic rings. The summed E-state index contributed by atoms with van der Waals surface area (Å²) in [6.45, 7) is 6.74. The second-order valence-electron chi connectivity index (χ2n) is 6.61. The minimum atomic E-state index is -0.236. The molecular formula is C18H20N4O2. The lowest BCUT2D eigenvalue weighted by atomic mass is 9.93. The third-order valence-corrected chi connectivity index (χ3v) is 3.59. The second-order valence-corrected chi connectivity index (χ2v) is 6.61. The van der Waals surface area contributed by atoms with Gasteiger partial charge in [0.1, 0.15) is 11.6 Å². The summed E-state index contributed by atoms with van der Waals surface area (Å²) in [5.41, 5.74) is 0.377. The van der Waals surface area contributed by atoms with E-state index < -0.39 is 0 Å². The van der Waals surface area contributed by atoms with Gasteiger partial charge in [-0.3, -0.25) is 4.79 Å². The molecule has 0 aromatic carbocycles. The third kappa shape index (κ3) is 3.53. The minimum absolute atomic E-state index is 0.157.